The van der Waals surface area contributed by atoms with Gasteiger partial charge in [-0.3, -0.25) is 5.10 Å². The van der Waals surface area contributed by atoms with Gasteiger partial charge in [0.1, 0.15) is 5.75 Å². The summed E-state index contributed by atoms with van der Waals surface area (Å²) in [5, 5.41) is 7.30. The second kappa shape index (κ2) is 4.24. The van der Waals surface area contributed by atoms with E-state index >= 15 is 0 Å². The van der Waals surface area contributed by atoms with Gasteiger partial charge in [-0.05, 0) is 50.5 Å². The molecular formula is C14H18N2O. The van der Waals surface area contributed by atoms with Crippen molar-refractivity contribution in [2.24, 2.45) is 0 Å². The summed E-state index contributed by atoms with van der Waals surface area (Å²) in [6.45, 7) is 8.27. The second-order valence-electron chi connectivity index (χ2n) is 4.48. The quantitative estimate of drug-likeness (QED) is 0.859. The Morgan fingerprint density at radius 1 is 1.06 bits per heavy atom. The highest BCUT2D eigenvalue weighted by Gasteiger charge is 2.15. The number of hydrogen-bond donors (Lipinski definition) is 1. The first-order valence-electron chi connectivity index (χ1n) is 5.71. The second-order valence-corrected chi connectivity index (χ2v) is 4.48. The van der Waals surface area contributed by atoms with Crippen molar-refractivity contribution in [3.05, 3.63) is 34.5 Å². The average Bonchev–Trinajstić information content (AvgIpc) is 2.69. The summed E-state index contributed by atoms with van der Waals surface area (Å²) < 4.78 is 5.55. The van der Waals surface area contributed by atoms with Gasteiger partial charge in [-0.15, -0.1) is 0 Å². The van der Waals surface area contributed by atoms with Gasteiger partial charge in [0.25, 0.3) is 0 Å². The highest BCUT2D eigenvalue weighted by molar-refractivity contribution is 5.74. The van der Waals surface area contributed by atoms with Gasteiger partial charge >= 0.3 is 0 Å². The van der Waals surface area contributed by atoms with Crippen molar-refractivity contribution in [3.8, 4) is 17.0 Å². The van der Waals surface area contributed by atoms with Crippen molar-refractivity contribution < 1.29 is 4.74 Å². The molecule has 0 aliphatic heterocycles. The SMILES string of the molecule is COc1c(C)c(C)cc(C)c1-c1cc(C)[nH]n1. The van der Waals surface area contributed by atoms with Gasteiger partial charge in [0.15, 0.2) is 0 Å². The Kier molecular flexibility index (Phi) is 2.92. The number of ether oxygens (including phenoxy) is 1. The monoisotopic (exact) mass is 230 g/mol. The molecule has 0 spiro atoms. The molecule has 1 N–H and O–H groups in total. The summed E-state index contributed by atoms with van der Waals surface area (Å²) in [4.78, 5) is 0. The van der Waals surface area contributed by atoms with Crippen LogP contribution in [-0.4, -0.2) is 17.3 Å². The fourth-order valence-electron chi connectivity index (χ4n) is 2.17. The summed E-state index contributed by atoms with van der Waals surface area (Å²) in [6.07, 6.45) is 0. The van der Waals surface area contributed by atoms with Crippen LogP contribution in [0.5, 0.6) is 5.75 Å². The van der Waals surface area contributed by atoms with Crippen LogP contribution in [0.4, 0.5) is 0 Å². The van der Waals surface area contributed by atoms with Gasteiger partial charge < -0.3 is 4.74 Å². The van der Waals surface area contributed by atoms with Crippen LogP contribution in [0.3, 0.4) is 0 Å². The van der Waals surface area contributed by atoms with Crippen molar-refractivity contribution in [1.82, 2.24) is 10.2 Å². The molecule has 0 saturated carbocycles. The third-order valence-corrected chi connectivity index (χ3v) is 3.15. The smallest absolute Gasteiger partial charge is 0.131 e. The van der Waals surface area contributed by atoms with Crippen molar-refractivity contribution >= 4 is 0 Å². The van der Waals surface area contributed by atoms with E-state index in [9.17, 15) is 0 Å². The number of aromatic amines is 1. The van der Waals surface area contributed by atoms with Gasteiger partial charge in [-0.1, -0.05) is 6.07 Å². The number of aryl methyl sites for hydroxylation is 3. The minimum Gasteiger partial charge on any atom is -0.496 e. The molecule has 2 aromatic rings. The lowest BCUT2D eigenvalue weighted by molar-refractivity contribution is 0.412. The molecule has 0 fully saturated rings. The van der Waals surface area contributed by atoms with Crippen LogP contribution >= 0.6 is 0 Å². The Balaban J connectivity index is 2.72. The molecule has 2 rings (SSSR count). The normalized spacial score (nSPS) is 10.6. The molecule has 90 valence electrons. The molecule has 3 nitrogen and oxygen atoms in total. The van der Waals surface area contributed by atoms with E-state index in [0.717, 1.165) is 22.7 Å². The largest absolute Gasteiger partial charge is 0.496 e. The lowest BCUT2D eigenvalue weighted by Crippen LogP contribution is -1.97. The van der Waals surface area contributed by atoms with E-state index in [-0.39, 0.29) is 0 Å². The maximum Gasteiger partial charge on any atom is 0.131 e. The third-order valence-electron chi connectivity index (χ3n) is 3.15. The van der Waals surface area contributed by atoms with E-state index in [1.807, 2.05) is 13.0 Å². The van der Waals surface area contributed by atoms with Crippen LogP contribution in [0.25, 0.3) is 11.3 Å². The topological polar surface area (TPSA) is 37.9 Å². The molecular weight excluding hydrogens is 212 g/mol. The Morgan fingerprint density at radius 3 is 2.29 bits per heavy atom. The standard InChI is InChI=1S/C14H18N2O/c1-8-6-9(2)13(14(17-5)11(8)4)12-7-10(3)15-16-12/h6-7H,1-5H3,(H,15,16). The van der Waals surface area contributed by atoms with Crippen molar-refractivity contribution in [3.63, 3.8) is 0 Å². The van der Waals surface area contributed by atoms with Gasteiger partial charge in [-0.25, -0.2) is 0 Å². The van der Waals surface area contributed by atoms with E-state index in [0.29, 0.717) is 0 Å². The molecule has 0 unspecified atom stereocenters. The fourth-order valence-corrected chi connectivity index (χ4v) is 2.17. The summed E-state index contributed by atoms with van der Waals surface area (Å²) in [7, 11) is 1.71. The van der Waals surface area contributed by atoms with E-state index in [1.54, 1.807) is 7.11 Å². The zero-order valence-corrected chi connectivity index (χ0v) is 11.0. The van der Waals surface area contributed by atoms with Crippen LogP contribution < -0.4 is 4.74 Å². The molecule has 0 atom stereocenters. The number of rotatable bonds is 2. The number of nitrogens with one attached hydrogen (secondary N) is 1. The first kappa shape index (κ1) is 11.7. The predicted molar refractivity (Wildman–Crippen MR) is 69.5 cm³/mol. The van der Waals surface area contributed by atoms with Gasteiger partial charge in [-0.2, -0.15) is 5.10 Å². The lowest BCUT2D eigenvalue weighted by atomic mass is 9.97. The maximum absolute atomic E-state index is 5.55. The number of methoxy groups -OCH3 is 1. The zero-order valence-electron chi connectivity index (χ0n) is 11.0. The average molecular weight is 230 g/mol. The van der Waals surface area contributed by atoms with Crippen LogP contribution in [0.15, 0.2) is 12.1 Å². The third kappa shape index (κ3) is 1.93. The Morgan fingerprint density at radius 2 is 1.76 bits per heavy atom. The molecule has 0 saturated heterocycles. The minimum absolute atomic E-state index is 0.925. The highest BCUT2D eigenvalue weighted by atomic mass is 16.5. The first-order chi connectivity index (χ1) is 8.04. The van der Waals surface area contributed by atoms with Crippen molar-refractivity contribution in [2.45, 2.75) is 27.7 Å². The summed E-state index contributed by atoms with van der Waals surface area (Å²) in [5.41, 5.74) is 6.69. The van der Waals surface area contributed by atoms with E-state index in [2.05, 4.69) is 37.0 Å². The molecule has 1 heterocycles. The molecule has 0 amide bonds. The summed E-state index contributed by atoms with van der Waals surface area (Å²) in [6, 6.07) is 4.22. The Labute approximate surface area is 102 Å². The van der Waals surface area contributed by atoms with Gasteiger partial charge in [0.05, 0.1) is 12.8 Å². The van der Waals surface area contributed by atoms with Crippen molar-refractivity contribution in [2.75, 3.05) is 7.11 Å². The van der Waals surface area contributed by atoms with Gasteiger partial charge in [0.2, 0.25) is 0 Å². The molecule has 17 heavy (non-hydrogen) atoms. The maximum atomic E-state index is 5.55. The summed E-state index contributed by atoms with van der Waals surface area (Å²) >= 11 is 0. The van der Waals surface area contributed by atoms with Crippen LogP contribution in [0.1, 0.15) is 22.4 Å². The number of aromatic nitrogens is 2. The molecule has 0 aliphatic carbocycles. The molecule has 0 radical (unpaired) electrons. The van der Waals surface area contributed by atoms with Crippen LogP contribution in [0, 0.1) is 27.7 Å². The number of H-pyrrole nitrogens is 1. The van der Waals surface area contributed by atoms with Crippen molar-refractivity contribution in [1.29, 1.82) is 0 Å². The van der Waals surface area contributed by atoms with E-state index < -0.39 is 0 Å². The molecule has 0 aliphatic rings. The molecule has 3 heteroatoms. The predicted octanol–water partition coefficient (Wildman–Crippen LogP) is 3.32. The Hall–Kier alpha value is -1.77. The Bertz CT molecular complexity index is 556. The zero-order chi connectivity index (χ0) is 12.6. The molecule has 1 aromatic heterocycles. The van der Waals surface area contributed by atoms with Crippen LogP contribution in [0.2, 0.25) is 0 Å². The number of nitrogens with zero attached hydrogens (tertiary/aromatic N) is 1. The van der Waals surface area contributed by atoms with E-state index in [1.165, 1.54) is 16.7 Å². The number of hydrogen-bond acceptors (Lipinski definition) is 2. The molecule has 0 bridgehead atoms. The van der Waals surface area contributed by atoms with E-state index in [4.69, 9.17) is 4.74 Å². The summed E-state index contributed by atoms with van der Waals surface area (Å²) in [5.74, 6) is 0.925. The lowest BCUT2D eigenvalue weighted by Gasteiger charge is -2.15. The number of benzene rings is 1. The van der Waals surface area contributed by atoms with Crippen LogP contribution in [-0.2, 0) is 0 Å². The first-order valence-corrected chi connectivity index (χ1v) is 5.71. The fraction of sp³-hybridized carbons (Fsp3) is 0.357. The minimum atomic E-state index is 0.925. The highest BCUT2D eigenvalue weighted by Crippen LogP contribution is 2.36. The van der Waals surface area contributed by atoms with Gasteiger partial charge in [0, 0.05) is 11.3 Å². The molecule has 1 aromatic carbocycles.